The Morgan fingerprint density at radius 2 is 2.07 bits per heavy atom. The Hall–Kier alpha value is -0.640. The van der Waals surface area contributed by atoms with Crippen molar-refractivity contribution in [1.82, 2.24) is 5.32 Å². The first-order valence-electron chi connectivity index (χ1n) is 5.24. The Labute approximate surface area is 96.8 Å². The van der Waals surface area contributed by atoms with Gasteiger partial charge in [-0.25, -0.2) is 0 Å². The largest absolute Gasteiger partial charge is 0.393 e. The van der Waals surface area contributed by atoms with Crippen molar-refractivity contribution < 1.29 is 4.79 Å². The van der Waals surface area contributed by atoms with Crippen molar-refractivity contribution in [3.8, 4) is 0 Å². The van der Waals surface area contributed by atoms with Gasteiger partial charge < -0.3 is 11.1 Å². The number of nitrogens with two attached hydrogens (primary N) is 1. The van der Waals surface area contributed by atoms with Gasteiger partial charge in [-0.1, -0.05) is 39.9 Å². The highest BCUT2D eigenvalue weighted by molar-refractivity contribution is 7.80. The van der Waals surface area contributed by atoms with E-state index in [9.17, 15) is 4.79 Å². The molecular weight excluding hydrogens is 208 g/mol. The third kappa shape index (κ3) is 2.91. The molecule has 1 amide bonds. The van der Waals surface area contributed by atoms with Crippen LogP contribution in [0.1, 0.15) is 34.1 Å². The van der Waals surface area contributed by atoms with Crippen molar-refractivity contribution in [3.63, 3.8) is 0 Å². The molecule has 0 spiro atoms. The summed E-state index contributed by atoms with van der Waals surface area (Å²) in [5, 5.41) is 2.92. The Balaban J connectivity index is 2.39. The van der Waals surface area contributed by atoms with Crippen LogP contribution in [0.4, 0.5) is 0 Å². The topological polar surface area (TPSA) is 55.1 Å². The van der Waals surface area contributed by atoms with Gasteiger partial charge in [0.1, 0.15) is 0 Å². The molecule has 1 rings (SSSR count). The molecule has 0 saturated heterocycles. The van der Waals surface area contributed by atoms with Crippen LogP contribution in [0.3, 0.4) is 0 Å². The van der Waals surface area contributed by atoms with Crippen molar-refractivity contribution in [2.75, 3.05) is 6.54 Å². The molecule has 4 heteroatoms. The molecule has 0 aromatic carbocycles. The second-order valence-corrected chi connectivity index (χ2v) is 6.15. The molecule has 1 saturated carbocycles. The van der Waals surface area contributed by atoms with Gasteiger partial charge in [0.15, 0.2) is 0 Å². The monoisotopic (exact) mass is 228 g/mol. The lowest BCUT2D eigenvalue weighted by Crippen LogP contribution is -2.42. The fourth-order valence-corrected chi connectivity index (χ4v) is 1.51. The number of thiocarbonyl (C=S) groups is 1. The van der Waals surface area contributed by atoms with Gasteiger partial charge in [0.25, 0.3) is 0 Å². The van der Waals surface area contributed by atoms with Gasteiger partial charge in [-0.3, -0.25) is 4.79 Å². The van der Waals surface area contributed by atoms with Gasteiger partial charge in [-0.05, 0) is 11.8 Å². The van der Waals surface area contributed by atoms with Crippen LogP contribution in [0.2, 0.25) is 0 Å². The Kier molecular flexibility index (Phi) is 3.10. The van der Waals surface area contributed by atoms with Crippen LogP contribution in [-0.2, 0) is 4.79 Å². The highest BCUT2D eigenvalue weighted by Crippen LogP contribution is 2.51. The van der Waals surface area contributed by atoms with Crippen LogP contribution >= 0.6 is 12.2 Å². The zero-order valence-corrected chi connectivity index (χ0v) is 10.7. The summed E-state index contributed by atoms with van der Waals surface area (Å²) in [6.45, 7) is 8.61. The van der Waals surface area contributed by atoms with Gasteiger partial charge in [-0.2, -0.15) is 0 Å². The molecule has 0 bridgehead atoms. The lowest BCUT2D eigenvalue weighted by Gasteiger charge is -2.23. The summed E-state index contributed by atoms with van der Waals surface area (Å²) in [5.41, 5.74) is 5.46. The summed E-state index contributed by atoms with van der Waals surface area (Å²) >= 11 is 4.94. The van der Waals surface area contributed by atoms with Gasteiger partial charge in [0, 0.05) is 17.9 Å². The minimum atomic E-state index is -0.302. The van der Waals surface area contributed by atoms with E-state index in [0.717, 1.165) is 6.42 Å². The molecule has 0 aromatic rings. The second kappa shape index (κ2) is 3.74. The Morgan fingerprint density at radius 3 is 2.40 bits per heavy atom. The number of rotatable bonds is 4. The molecular formula is C11H20N2OS. The number of amides is 1. The molecule has 3 N–H and O–H groups in total. The third-order valence-corrected chi connectivity index (χ3v) is 3.75. The highest BCUT2D eigenvalue weighted by Gasteiger charge is 2.50. The van der Waals surface area contributed by atoms with E-state index >= 15 is 0 Å². The summed E-state index contributed by atoms with van der Waals surface area (Å²) in [6.07, 6.45) is 0.979. The maximum atomic E-state index is 11.7. The van der Waals surface area contributed by atoms with Crippen molar-refractivity contribution in [3.05, 3.63) is 0 Å². The summed E-state index contributed by atoms with van der Waals surface area (Å²) in [7, 11) is 0. The van der Waals surface area contributed by atoms with E-state index in [1.54, 1.807) is 0 Å². The fourth-order valence-electron chi connectivity index (χ4n) is 1.43. The van der Waals surface area contributed by atoms with E-state index in [0.29, 0.717) is 11.5 Å². The Bertz CT molecular complexity index is 297. The van der Waals surface area contributed by atoms with Crippen LogP contribution in [0.5, 0.6) is 0 Å². The van der Waals surface area contributed by atoms with Crippen molar-refractivity contribution in [1.29, 1.82) is 0 Å². The molecule has 1 atom stereocenters. The maximum Gasteiger partial charge on any atom is 0.223 e. The van der Waals surface area contributed by atoms with Crippen LogP contribution < -0.4 is 11.1 Å². The van der Waals surface area contributed by atoms with Crippen molar-refractivity contribution in [2.45, 2.75) is 34.1 Å². The number of nitrogens with one attached hydrogen (secondary N) is 1. The van der Waals surface area contributed by atoms with Crippen LogP contribution in [0.15, 0.2) is 0 Å². The lowest BCUT2D eigenvalue weighted by atomic mass is 9.93. The smallest absolute Gasteiger partial charge is 0.223 e. The van der Waals surface area contributed by atoms with Crippen LogP contribution in [-0.4, -0.2) is 17.4 Å². The third-order valence-electron chi connectivity index (χ3n) is 3.20. The molecule has 15 heavy (non-hydrogen) atoms. The molecule has 0 heterocycles. The average Bonchev–Trinajstić information content (AvgIpc) is 2.71. The minimum Gasteiger partial charge on any atom is -0.393 e. The normalized spacial score (nSPS) is 23.3. The van der Waals surface area contributed by atoms with E-state index in [1.807, 2.05) is 13.8 Å². The van der Waals surface area contributed by atoms with E-state index in [1.165, 1.54) is 0 Å². The molecule has 1 aliphatic carbocycles. The maximum absolute atomic E-state index is 11.7. The standard InChI is InChI=1S/C11H20N2OS/c1-10(2)5-7(10)8(14)13-6-11(3,4)9(12)15/h7H,5-6H2,1-4H3,(H2,12,15)(H,13,14). The van der Waals surface area contributed by atoms with Gasteiger partial charge in [0.2, 0.25) is 5.91 Å². The predicted molar refractivity (Wildman–Crippen MR) is 65.5 cm³/mol. The summed E-state index contributed by atoms with van der Waals surface area (Å²) in [5.74, 6) is 0.295. The van der Waals surface area contributed by atoms with E-state index in [-0.39, 0.29) is 22.7 Å². The first-order chi connectivity index (χ1) is 6.67. The number of hydrogen-bond acceptors (Lipinski definition) is 2. The summed E-state index contributed by atoms with van der Waals surface area (Å²) < 4.78 is 0. The van der Waals surface area contributed by atoms with Gasteiger partial charge >= 0.3 is 0 Å². The summed E-state index contributed by atoms with van der Waals surface area (Å²) in [4.78, 5) is 12.1. The van der Waals surface area contributed by atoms with Crippen molar-refractivity contribution in [2.24, 2.45) is 22.5 Å². The predicted octanol–water partition coefficient (Wildman–Crippen LogP) is 1.46. The minimum absolute atomic E-state index is 0.129. The van der Waals surface area contributed by atoms with Gasteiger partial charge in [0.05, 0.1) is 4.99 Å². The average molecular weight is 228 g/mol. The van der Waals surface area contributed by atoms with E-state index < -0.39 is 0 Å². The molecule has 0 aliphatic heterocycles. The zero-order valence-electron chi connectivity index (χ0n) is 9.89. The van der Waals surface area contributed by atoms with Crippen molar-refractivity contribution >= 4 is 23.1 Å². The second-order valence-electron chi connectivity index (χ2n) is 5.71. The molecule has 0 radical (unpaired) electrons. The van der Waals surface area contributed by atoms with Crippen LogP contribution in [0.25, 0.3) is 0 Å². The summed E-state index contributed by atoms with van der Waals surface area (Å²) in [6, 6.07) is 0. The molecule has 1 fully saturated rings. The number of hydrogen-bond donors (Lipinski definition) is 2. The molecule has 0 aromatic heterocycles. The molecule has 1 aliphatic rings. The Morgan fingerprint density at radius 1 is 1.60 bits per heavy atom. The van der Waals surface area contributed by atoms with Crippen LogP contribution in [0, 0.1) is 16.7 Å². The number of carbonyl (C=O) groups excluding carboxylic acids is 1. The number of carbonyl (C=O) groups is 1. The van der Waals surface area contributed by atoms with E-state index in [2.05, 4.69) is 19.2 Å². The molecule has 1 unspecified atom stereocenters. The SMILES string of the molecule is CC(C)(CNC(=O)C1CC1(C)C)C(N)=S. The van der Waals surface area contributed by atoms with Gasteiger partial charge in [-0.15, -0.1) is 0 Å². The van der Waals surface area contributed by atoms with E-state index in [4.69, 9.17) is 18.0 Å². The lowest BCUT2D eigenvalue weighted by molar-refractivity contribution is -0.123. The highest BCUT2D eigenvalue weighted by atomic mass is 32.1. The zero-order chi connectivity index (χ0) is 11.9. The first kappa shape index (κ1) is 12.4. The fraction of sp³-hybridized carbons (Fsp3) is 0.818. The first-order valence-corrected chi connectivity index (χ1v) is 5.65. The molecule has 86 valence electrons. The molecule has 3 nitrogen and oxygen atoms in total. The quantitative estimate of drug-likeness (QED) is 0.716.